The van der Waals surface area contributed by atoms with E-state index in [0.717, 1.165) is 32.6 Å². The average molecular weight is 284 g/mol. The number of aryl methyl sites for hydroxylation is 2. The van der Waals surface area contributed by atoms with Crippen LogP contribution in [0.25, 0.3) is 21.3 Å². The fourth-order valence-corrected chi connectivity index (χ4v) is 3.49. The van der Waals surface area contributed by atoms with Crippen molar-refractivity contribution in [2.24, 2.45) is 0 Å². The summed E-state index contributed by atoms with van der Waals surface area (Å²) in [4.78, 5) is 19.1. The highest BCUT2D eigenvalue weighted by atomic mass is 32.1. The zero-order valence-corrected chi connectivity index (χ0v) is 12.4. The molecule has 0 aliphatic carbocycles. The van der Waals surface area contributed by atoms with Crippen LogP contribution in [0.5, 0.6) is 0 Å². The van der Waals surface area contributed by atoms with Crippen molar-refractivity contribution in [3.63, 3.8) is 0 Å². The van der Waals surface area contributed by atoms with Gasteiger partial charge in [0.25, 0.3) is 5.56 Å². The van der Waals surface area contributed by atoms with Crippen molar-refractivity contribution in [1.29, 1.82) is 0 Å². The Bertz CT molecular complexity index is 802. The predicted octanol–water partition coefficient (Wildman–Crippen LogP) is 3.84. The molecule has 0 aliphatic rings. The molecule has 0 saturated heterocycles. The van der Waals surface area contributed by atoms with Gasteiger partial charge in [-0.2, -0.15) is 0 Å². The molecular formula is C16H16N2OS. The Hall–Kier alpha value is -1.94. The second-order valence-corrected chi connectivity index (χ2v) is 6.03. The van der Waals surface area contributed by atoms with Gasteiger partial charge in [0, 0.05) is 17.0 Å². The lowest BCUT2D eigenvalue weighted by Gasteiger charge is -2.04. The van der Waals surface area contributed by atoms with E-state index in [1.165, 1.54) is 0 Å². The van der Waals surface area contributed by atoms with E-state index >= 15 is 0 Å². The Morgan fingerprint density at radius 2 is 2.00 bits per heavy atom. The van der Waals surface area contributed by atoms with Crippen molar-refractivity contribution in [3.05, 3.63) is 51.9 Å². The molecular weight excluding hydrogens is 268 g/mol. The Balaban J connectivity index is 2.34. The molecule has 20 heavy (non-hydrogen) atoms. The predicted molar refractivity (Wildman–Crippen MR) is 84.3 cm³/mol. The molecule has 0 bridgehead atoms. The first-order chi connectivity index (χ1) is 9.72. The summed E-state index contributed by atoms with van der Waals surface area (Å²) in [6.45, 7) is 4.83. The lowest BCUT2D eigenvalue weighted by molar-refractivity contribution is 0.648. The van der Waals surface area contributed by atoms with Gasteiger partial charge in [0.1, 0.15) is 4.83 Å². The Kier molecular flexibility index (Phi) is 3.40. The minimum Gasteiger partial charge on any atom is -0.299 e. The number of hydrogen-bond donors (Lipinski definition) is 0. The van der Waals surface area contributed by atoms with Crippen molar-refractivity contribution in [3.8, 4) is 11.1 Å². The van der Waals surface area contributed by atoms with Gasteiger partial charge in [-0.25, -0.2) is 4.98 Å². The van der Waals surface area contributed by atoms with Crippen LogP contribution in [0.3, 0.4) is 0 Å². The van der Waals surface area contributed by atoms with E-state index in [1.807, 2.05) is 30.3 Å². The molecule has 2 heterocycles. The van der Waals surface area contributed by atoms with Crippen LogP contribution in [-0.2, 0) is 6.54 Å². The standard InChI is InChI=1S/C16H16N2OS/c1-3-9-18-10-17-15-14(16(18)19)13(11(2)20-15)12-7-5-4-6-8-12/h4-8,10H,3,9H2,1-2H3. The summed E-state index contributed by atoms with van der Waals surface area (Å²) in [6.07, 6.45) is 2.59. The van der Waals surface area contributed by atoms with Crippen molar-refractivity contribution in [2.75, 3.05) is 0 Å². The van der Waals surface area contributed by atoms with E-state index in [0.29, 0.717) is 6.54 Å². The van der Waals surface area contributed by atoms with Gasteiger partial charge >= 0.3 is 0 Å². The number of rotatable bonds is 3. The van der Waals surface area contributed by atoms with E-state index in [9.17, 15) is 4.79 Å². The van der Waals surface area contributed by atoms with E-state index in [2.05, 4.69) is 18.8 Å². The largest absolute Gasteiger partial charge is 0.299 e. The normalized spacial score (nSPS) is 11.1. The SMILES string of the molecule is CCCn1cnc2sc(C)c(-c3ccccc3)c2c1=O. The number of aromatic nitrogens is 2. The summed E-state index contributed by atoms with van der Waals surface area (Å²) in [5.41, 5.74) is 2.19. The monoisotopic (exact) mass is 284 g/mol. The van der Waals surface area contributed by atoms with E-state index in [1.54, 1.807) is 22.2 Å². The van der Waals surface area contributed by atoms with Crippen LogP contribution in [0, 0.1) is 6.92 Å². The third-order valence-electron chi connectivity index (χ3n) is 3.38. The van der Waals surface area contributed by atoms with Gasteiger partial charge in [-0.15, -0.1) is 11.3 Å². The van der Waals surface area contributed by atoms with Crippen LogP contribution < -0.4 is 5.56 Å². The minimum absolute atomic E-state index is 0.0695. The van der Waals surface area contributed by atoms with Gasteiger partial charge in [-0.3, -0.25) is 9.36 Å². The summed E-state index contributed by atoms with van der Waals surface area (Å²) in [5, 5.41) is 0.759. The van der Waals surface area contributed by atoms with E-state index in [4.69, 9.17) is 0 Å². The minimum atomic E-state index is 0.0695. The van der Waals surface area contributed by atoms with E-state index < -0.39 is 0 Å². The van der Waals surface area contributed by atoms with Gasteiger partial charge < -0.3 is 0 Å². The molecule has 102 valence electrons. The second-order valence-electron chi connectivity index (χ2n) is 4.82. The Morgan fingerprint density at radius 1 is 1.25 bits per heavy atom. The Labute approximate surface area is 121 Å². The van der Waals surface area contributed by atoms with Crippen LogP contribution in [0.15, 0.2) is 41.5 Å². The second kappa shape index (κ2) is 5.21. The summed E-state index contributed by atoms with van der Waals surface area (Å²) in [7, 11) is 0. The number of fused-ring (bicyclic) bond motifs is 1. The fourth-order valence-electron chi connectivity index (χ4n) is 2.49. The number of benzene rings is 1. The molecule has 3 nitrogen and oxygen atoms in total. The molecule has 3 rings (SSSR count). The third kappa shape index (κ3) is 2.06. The van der Waals surface area contributed by atoms with Crippen molar-refractivity contribution in [1.82, 2.24) is 9.55 Å². The molecule has 1 aromatic carbocycles. The summed E-state index contributed by atoms with van der Waals surface area (Å²) in [6, 6.07) is 10.1. The molecule has 2 aromatic heterocycles. The smallest absolute Gasteiger partial charge is 0.262 e. The highest BCUT2D eigenvalue weighted by molar-refractivity contribution is 7.19. The van der Waals surface area contributed by atoms with Crippen LogP contribution in [-0.4, -0.2) is 9.55 Å². The highest BCUT2D eigenvalue weighted by Gasteiger charge is 2.16. The maximum atomic E-state index is 12.7. The van der Waals surface area contributed by atoms with Gasteiger partial charge in [0.2, 0.25) is 0 Å². The number of nitrogens with zero attached hydrogens (tertiary/aromatic N) is 2. The molecule has 0 fully saturated rings. The van der Waals surface area contributed by atoms with Gasteiger partial charge in [0.05, 0.1) is 11.7 Å². The number of hydrogen-bond acceptors (Lipinski definition) is 3. The van der Waals surface area contributed by atoms with Gasteiger partial charge in [-0.05, 0) is 18.9 Å². The molecule has 3 aromatic rings. The molecule has 0 unspecified atom stereocenters. The summed E-state index contributed by atoms with van der Waals surface area (Å²) in [5.74, 6) is 0. The quantitative estimate of drug-likeness (QED) is 0.732. The summed E-state index contributed by atoms with van der Waals surface area (Å²) < 4.78 is 1.71. The lowest BCUT2D eigenvalue weighted by Crippen LogP contribution is -2.20. The number of thiophene rings is 1. The third-order valence-corrected chi connectivity index (χ3v) is 4.39. The van der Waals surface area contributed by atoms with Crippen LogP contribution >= 0.6 is 11.3 Å². The van der Waals surface area contributed by atoms with Crippen molar-refractivity contribution < 1.29 is 0 Å². The van der Waals surface area contributed by atoms with E-state index in [-0.39, 0.29) is 5.56 Å². The molecule has 0 spiro atoms. The van der Waals surface area contributed by atoms with Crippen LogP contribution in [0.4, 0.5) is 0 Å². The zero-order chi connectivity index (χ0) is 14.1. The van der Waals surface area contributed by atoms with Crippen LogP contribution in [0.2, 0.25) is 0 Å². The maximum absolute atomic E-state index is 12.7. The first kappa shape index (κ1) is 13.1. The van der Waals surface area contributed by atoms with Crippen LogP contribution in [0.1, 0.15) is 18.2 Å². The molecule has 0 N–H and O–H groups in total. The molecule has 0 atom stereocenters. The topological polar surface area (TPSA) is 34.9 Å². The lowest BCUT2D eigenvalue weighted by atomic mass is 10.0. The first-order valence-electron chi connectivity index (χ1n) is 6.76. The van der Waals surface area contributed by atoms with Gasteiger partial charge in [-0.1, -0.05) is 37.3 Å². The molecule has 0 amide bonds. The first-order valence-corrected chi connectivity index (χ1v) is 7.58. The fraction of sp³-hybridized carbons (Fsp3) is 0.250. The molecule has 0 aliphatic heterocycles. The Morgan fingerprint density at radius 3 is 2.70 bits per heavy atom. The van der Waals surface area contributed by atoms with Crippen molar-refractivity contribution in [2.45, 2.75) is 26.8 Å². The highest BCUT2D eigenvalue weighted by Crippen LogP contribution is 2.35. The maximum Gasteiger partial charge on any atom is 0.262 e. The van der Waals surface area contributed by atoms with Crippen molar-refractivity contribution >= 4 is 21.6 Å². The van der Waals surface area contributed by atoms with Gasteiger partial charge in [0.15, 0.2) is 0 Å². The average Bonchev–Trinajstić information content (AvgIpc) is 2.80. The zero-order valence-electron chi connectivity index (χ0n) is 11.6. The summed E-state index contributed by atoms with van der Waals surface area (Å²) >= 11 is 1.59. The molecule has 4 heteroatoms. The molecule has 0 radical (unpaired) electrons. The molecule has 0 saturated carbocycles.